The van der Waals surface area contributed by atoms with E-state index in [0.717, 1.165) is 49.2 Å². The lowest BCUT2D eigenvalue weighted by Crippen LogP contribution is -2.42. The molecule has 2 aliphatic heterocycles. The minimum atomic E-state index is -0.545. The number of amides is 1. The minimum Gasteiger partial charge on any atom is -0.342 e. The van der Waals surface area contributed by atoms with Crippen molar-refractivity contribution in [1.82, 2.24) is 4.90 Å². The summed E-state index contributed by atoms with van der Waals surface area (Å²) in [6.07, 6.45) is 2.54. The molecule has 2 saturated heterocycles. The van der Waals surface area contributed by atoms with E-state index < -0.39 is 23.0 Å². The number of piperidine rings is 1. The Morgan fingerprint density at radius 2 is 1.51 bits per heavy atom. The highest BCUT2D eigenvalue weighted by atomic mass is 35.5. The van der Waals surface area contributed by atoms with Crippen LogP contribution in [0.3, 0.4) is 0 Å². The molecule has 5 rings (SSSR count). The van der Waals surface area contributed by atoms with E-state index in [4.69, 9.17) is 16.4 Å². The number of hydrogen-bond donors (Lipinski definition) is 0. The molecule has 180 valence electrons. The number of hydrogen-bond acceptors (Lipinski definition) is 5. The summed E-state index contributed by atoms with van der Waals surface area (Å²) in [7, 11) is 0. The molecular weight excluding hydrogens is 466 g/mol. The van der Waals surface area contributed by atoms with Gasteiger partial charge in [-0.15, -0.1) is 0 Å². The summed E-state index contributed by atoms with van der Waals surface area (Å²) >= 11 is 6.15. The molecule has 0 radical (unpaired) electrons. The predicted molar refractivity (Wildman–Crippen MR) is 134 cm³/mol. The summed E-state index contributed by atoms with van der Waals surface area (Å²) in [4.78, 5) is 33.4. The zero-order valence-electron chi connectivity index (χ0n) is 19.1. The first-order valence-electron chi connectivity index (χ1n) is 11.8. The Bertz CT molecular complexity index is 1180. The van der Waals surface area contributed by atoms with Crippen molar-refractivity contribution >= 4 is 28.9 Å². The summed E-state index contributed by atoms with van der Waals surface area (Å²) in [5.74, 6) is -0.512. The summed E-state index contributed by atoms with van der Waals surface area (Å²) in [6.45, 7) is 1.45. The van der Waals surface area contributed by atoms with Gasteiger partial charge in [-0.1, -0.05) is 54.1 Å². The number of carbonyl (C=O) groups excluding carboxylic acids is 1. The molecule has 0 spiro atoms. The van der Waals surface area contributed by atoms with Gasteiger partial charge >= 0.3 is 0 Å². The van der Waals surface area contributed by atoms with Crippen LogP contribution >= 0.6 is 11.6 Å². The maximum absolute atomic E-state index is 14.1. The van der Waals surface area contributed by atoms with Crippen LogP contribution in [0.25, 0.3) is 0 Å². The molecule has 3 aromatic carbocycles. The van der Waals surface area contributed by atoms with Gasteiger partial charge in [0.25, 0.3) is 5.69 Å². The van der Waals surface area contributed by atoms with Crippen molar-refractivity contribution in [3.8, 4) is 0 Å². The first-order valence-corrected chi connectivity index (χ1v) is 12.2. The lowest BCUT2D eigenvalue weighted by molar-refractivity contribution is -0.384. The van der Waals surface area contributed by atoms with E-state index in [2.05, 4.69) is 0 Å². The Balaban J connectivity index is 1.62. The molecular formula is C27H26ClN3O4. The number of nitrogens with zero attached hydrogens (tertiary/aromatic N) is 3. The van der Waals surface area contributed by atoms with Crippen LogP contribution < -0.4 is 5.06 Å². The molecule has 0 N–H and O–H groups in total. The van der Waals surface area contributed by atoms with Crippen LogP contribution in [0, 0.1) is 16.0 Å². The summed E-state index contributed by atoms with van der Waals surface area (Å²) in [5, 5.41) is 13.7. The average molecular weight is 492 g/mol. The smallest absolute Gasteiger partial charge is 0.269 e. The van der Waals surface area contributed by atoms with Gasteiger partial charge in [0, 0.05) is 30.2 Å². The molecule has 2 aliphatic rings. The molecule has 0 aliphatic carbocycles. The quantitative estimate of drug-likeness (QED) is 0.318. The number of para-hydroxylation sites is 1. The van der Waals surface area contributed by atoms with Gasteiger partial charge in [0.2, 0.25) is 5.91 Å². The minimum absolute atomic E-state index is 0.00656. The van der Waals surface area contributed by atoms with Gasteiger partial charge in [-0.25, -0.2) is 5.06 Å². The Kier molecular flexibility index (Phi) is 6.70. The van der Waals surface area contributed by atoms with E-state index in [1.165, 1.54) is 12.1 Å². The van der Waals surface area contributed by atoms with E-state index >= 15 is 0 Å². The van der Waals surface area contributed by atoms with Crippen LogP contribution in [0.15, 0.2) is 78.9 Å². The topological polar surface area (TPSA) is 75.9 Å². The number of non-ortho nitro benzene ring substituents is 1. The largest absolute Gasteiger partial charge is 0.342 e. The molecule has 0 aromatic heterocycles. The first-order chi connectivity index (χ1) is 17.0. The van der Waals surface area contributed by atoms with Crippen molar-refractivity contribution in [2.24, 2.45) is 5.92 Å². The number of anilines is 1. The van der Waals surface area contributed by atoms with Gasteiger partial charge in [-0.05, 0) is 54.7 Å². The number of benzene rings is 3. The summed E-state index contributed by atoms with van der Waals surface area (Å²) in [6, 6.07) is 23.0. The second-order valence-electron chi connectivity index (χ2n) is 8.94. The molecule has 0 saturated carbocycles. The van der Waals surface area contributed by atoms with Crippen molar-refractivity contribution in [2.45, 2.75) is 31.4 Å². The fourth-order valence-electron chi connectivity index (χ4n) is 5.01. The van der Waals surface area contributed by atoms with Gasteiger partial charge in [-0.3, -0.25) is 19.7 Å². The molecule has 3 atom stereocenters. The third-order valence-electron chi connectivity index (χ3n) is 6.75. The second-order valence-corrected chi connectivity index (χ2v) is 9.38. The van der Waals surface area contributed by atoms with Crippen molar-refractivity contribution in [2.75, 3.05) is 18.2 Å². The van der Waals surface area contributed by atoms with Gasteiger partial charge in [0.05, 0.1) is 22.6 Å². The SMILES string of the molecule is O=C([C@@H]1[C@@H](c2ccc(Cl)cc2)ON(c2ccccc2)[C@H]1c1ccc([N+](=O)[O-])cc1)N1CCCCC1. The average Bonchev–Trinajstić information content (AvgIpc) is 3.30. The van der Waals surface area contributed by atoms with Gasteiger partial charge in [0.1, 0.15) is 6.10 Å². The van der Waals surface area contributed by atoms with E-state index in [1.54, 1.807) is 29.3 Å². The van der Waals surface area contributed by atoms with Crippen LogP contribution in [-0.4, -0.2) is 28.8 Å². The third-order valence-corrected chi connectivity index (χ3v) is 7.01. The number of nitro benzene ring substituents is 1. The summed E-state index contributed by atoms with van der Waals surface area (Å²) < 4.78 is 0. The number of nitro groups is 1. The number of rotatable bonds is 5. The zero-order chi connectivity index (χ0) is 24.4. The van der Waals surface area contributed by atoms with Crippen LogP contribution in [-0.2, 0) is 9.63 Å². The van der Waals surface area contributed by atoms with E-state index in [-0.39, 0.29) is 11.6 Å². The van der Waals surface area contributed by atoms with E-state index in [9.17, 15) is 14.9 Å². The fourth-order valence-corrected chi connectivity index (χ4v) is 5.13. The van der Waals surface area contributed by atoms with Crippen LogP contribution in [0.2, 0.25) is 5.02 Å². The number of halogens is 1. The maximum Gasteiger partial charge on any atom is 0.269 e. The molecule has 3 aromatic rings. The standard InChI is InChI=1S/C27H26ClN3O4/c28-21-13-9-20(10-14-21)26-24(27(32)29-17-5-2-6-18-29)25(19-11-15-23(16-12-19)31(33)34)30(35-26)22-7-3-1-4-8-22/h1,3-4,7-16,24-26H,2,5-6,17-18H2/t24-,25-,26+/m0/s1. The van der Waals surface area contributed by atoms with Crippen LogP contribution in [0.5, 0.6) is 0 Å². The van der Waals surface area contributed by atoms with Gasteiger partial charge in [0.15, 0.2) is 0 Å². The van der Waals surface area contributed by atoms with E-state index in [0.29, 0.717) is 5.02 Å². The predicted octanol–water partition coefficient (Wildman–Crippen LogP) is 6.11. The fraction of sp³-hybridized carbons (Fsp3) is 0.296. The molecule has 0 unspecified atom stereocenters. The normalized spacial score (nSPS) is 22.3. The van der Waals surface area contributed by atoms with E-state index in [1.807, 2.05) is 47.4 Å². The molecule has 8 heteroatoms. The Labute approximate surface area is 209 Å². The Hall–Kier alpha value is -3.42. The molecule has 1 amide bonds. The van der Waals surface area contributed by atoms with Crippen molar-refractivity contribution in [1.29, 1.82) is 0 Å². The Morgan fingerprint density at radius 1 is 0.886 bits per heavy atom. The van der Waals surface area contributed by atoms with Crippen LogP contribution in [0.4, 0.5) is 11.4 Å². The second kappa shape index (κ2) is 10.1. The maximum atomic E-state index is 14.1. The molecule has 0 bridgehead atoms. The Morgan fingerprint density at radius 3 is 2.14 bits per heavy atom. The highest BCUT2D eigenvalue weighted by molar-refractivity contribution is 6.30. The lowest BCUT2D eigenvalue weighted by atomic mass is 9.84. The molecule has 2 fully saturated rings. The zero-order valence-corrected chi connectivity index (χ0v) is 19.9. The van der Waals surface area contributed by atoms with Crippen molar-refractivity contribution in [3.63, 3.8) is 0 Å². The van der Waals surface area contributed by atoms with Crippen molar-refractivity contribution < 1.29 is 14.6 Å². The third kappa shape index (κ3) is 4.74. The highest BCUT2D eigenvalue weighted by Gasteiger charge is 2.50. The molecule has 2 heterocycles. The first kappa shape index (κ1) is 23.3. The number of hydroxylamine groups is 1. The lowest BCUT2D eigenvalue weighted by Gasteiger charge is -2.33. The molecule has 35 heavy (non-hydrogen) atoms. The monoisotopic (exact) mass is 491 g/mol. The number of likely N-dealkylation sites (tertiary alicyclic amines) is 1. The van der Waals surface area contributed by atoms with Crippen LogP contribution in [0.1, 0.15) is 42.5 Å². The summed E-state index contributed by atoms with van der Waals surface area (Å²) in [5.41, 5.74) is 2.46. The molecule has 7 nitrogen and oxygen atoms in total. The highest BCUT2D eigenvalue weighted by Crippen LogP contribution is 2.50. The van der Waals surface area contributed by atoms with Gasteiger partial charge < -0.3 is 4.90 Å². The van der Waals surface area contributed by atoms with Gasteiger partial charge in [-0.2, -0.15) is 0 Å². The number of carbonyl (C=O) groups is 1. The van der Waals surface area contributed by atoms with Crippen molar-refractivity contribution in [3.05, 3.63) is 105 Å².